The summed E-state index contributed by atoms with van der Waals surface area (Å²) in [5, 5.41) is 6.11. The summed E-state index contributed by atoms with van der Waals surface area (Å²) < 4.78 is 5.35. The zero-order valence-corrected chi connectivity index (χ0v) is 14.9. The van der Waals surface area contributed by atoms with E-state index in [2.05, 4.69) is 27.5 Å². The number of hydrogen-bond acceptors (Lipinski definition) is 5. The van der Waals surface area contributed by atoms with Gasteiger partial charge < -0.3 is 15.4 Å². The second kappa shape index (κ2) is 10.3. The van der Waals surface area contributed by atoms with Gasteiger partial charge in [-0.25, -0.2) is 9.97 Å². The number of para-hydroxylation sites is 1. The number of nitrogens with zero attached hydrogens (tertiary/aromatic N) is 2. The number of hydrogen-bond donors (Lipinski definition) is 2. The molecule has 0 saturated carbocycles. The van der Waals surface area contributed by atoms with Gasteiger partial charge in [-0.3, -0.25) is 4.79 Å². The fraction of sp³-hybridized carbons (Fsp3) is 0.421. The molecular weight excluding hydrogens is 316 g/mol. The summed E-state index contributed by atoms with van der Waals surface area (Å²) in [5.74, 6) is 1.36. The molecule has 0 aliphatic carbocycles. The van der Waals surface area contributed by atoms with Crippen molar-refractivity contribution in [3.8, 4) is 5.75 Å². The van der Waals surface area contributed by atoms with Crippen LogP contribution in [0.25, 0.3) is 0 Å². The quantitative estimate of drug-likeness (QED) is 0.649. The molecule has 0 spiro atoms. The Morgan fingerprint density at radius 2 is 2.00 bits per heavy atom. The largest absolute Gasteiger partial charge is 0.496 e. The normalized spacial score (nSPS) is 10.3. The van der Waals surface area contributed by atoms with Crippen molar-refractivity contribution in [2.75, 3.05) is 25.5 Å². The SMILES string of the molecule is CCCCCNC(=O)c1cc(NCCc2ccccc2OC)ncn1. The van der Waals surface area contributed by atoms with E-state index >= 15 is 0 Å². The summed E-state index contributed by atoms with van der Waals surface area (Å²) in [4.78, 5) is 20.3. The van der Waals surface area contributed by atoms with Gasteiger partial charge in [0.2, 0.25) is 0 Å². The van der Waals surface area contributed by atoms with Crippen LogP contribution in [0.5, 0.6) is 5.75 Å². The maximum Gasteiger partial charge on any atom is 0.270 e. The lowest BCUT2D eigenvalue weighted by molar-refractivity contribution is 0.0948. The third kappa shape index (κ3) is 6.06. The zero-order chi connectivity index (χ0) is 17.9. The van der Waals surface area contributed by atoms with Gasteiger partial charge in [0.1, 0.15) is 23.6 Å². The summed E-state index contributed by atoms with van der Waals surface area (Å²) in [7, 11) is 1.67. The molecule has 1 aromatic carbocycles. The predicted octanol–water partition coefficient (Wildman–Crippen LogP) is 3.06. The molecular formula is C19H26N4O2. The third-order valence-electron chi connectivity index (χ3n) is 3.86. The van der Waals surface area contributed by atoms with Crippen molar-refractivity contribution >= 4 is 11.7 Å². The number of anilines is 1. The molecule has 25 heavy (non-hydrogen) atoms. The number of benzene rings is 1. The summed E-state index contributed by atoms with van der Waals surface area (Å²) in [6, 6.07) is 9.60. The molecule has 0 saturated heterocycles. The van der Waals surface area contributed by atoms with Gasteiger partial charge in [0.25, 0.3) is 5.91 Å². The van der Waals surface area contributed by atoms with Crippen LogP contribution in [0.1, 0.15) is 42.2 Å². The highest BCUT2D eigenvalue weighted by Crippen LogP contribution is 2.17. The van der Waals surface area contributed by atoms with Gasteiger partial charge in [0, 0.05) is 19.2 Å². The molecule has 0 atom stereocenters. The molecule has 0 unspecified atom stereocenters. The van der Waals surface area contributed by atoms with E-state index in [9.17, 15) is 4.79 Å². The van der Waals surface area contributed by atoms with Crippen LogP contribution in [0.2, 0.25) is 0 Å². The van der Waals surface area contributed by atoms with E-state index in [4.69, 9.17) is 4.74 Å². The number of carbonyl (C=O) groups is 1. The Morgan fingerprint density at radius 1 is 1.16 bits per heavy atom. The van der Waals surface area contributed by atoms with Gasteiger partial charge in [0.15, 0.2) is 0 Å². The summed E-state index contributed by atoms with van der Waals surface area (Å²) >= 11 is 0. The van der Waals surface area contributed by atoms with Gasteiger partial charge in [-0.2, -0.15) is 0 Å². The second-order valence-corrected chi connectivity index (χ2v) is 5.74. The van der Waals surface area contributed by atoms with Crippen LogP contribution >= 0.6 is 0 Å². The summed E-state index contributed by atoms with van der Waals surface area (Å²) in [6.07, 6.45) is 5.43. The van der Waals surface area contributed by atoms with E-state index in [1.165, 1.54) is 6.33 Å². The first-order valence-corrected chi connectivity index (χ1v) is 8.70. The molecule has 0 fully saturated rings. The Labute approximate surface area is 149 Å². The fourth-order valence-corrected chi connectivity index (χ4v) is 2.48. The maximum absolute atomic E-state index is 12.1. The molecule has 0 radical (unpaired) electrons. The molecule has 1 amide bonds. The van der Waals surface area contributed by atoms with E-state index in [-0.39, 0.29) is 5.91 Å². The van der Waals surface area contributed by atoms with Crippen molar-refractivity contribution in [2.45, 2.75) is 32.6 Å². The minimum absolute atomic E-state index is 0.161. The lowest BCUT2D eigenvalue weighted by Crippen LogP contribution is -2.25. The Kier molecular flexibility index (Phi) is 7.69. The first-order valence-electron chi connectivity index (χ1n) is 8.70. The standard InChI is InChI=1S/C19H26N4O2/c1-3-4-7-11-21-19(24)16-13-18(23-14-22-16)20-12-10-15-8-5-6-9-17(15)25-2/h5-6,8-9,13-14H,3-4,7,10-12H2,1-2H3,(H,21,24)(H,20,22,23). The summed E-state index contributed by atoms with van der Waals surface area (Å²) in [6.45, 7) is 3.50. The van der Waals surface area contributed by atoms with Crippen LogP contribution in [0, 0.1) is 0 Å². The van der Waals surface area contributed by atoms with Crippen molar-refractivity contribution in [2.24, 2.45) is 0 Å². The molecule has 2 rings (SSSR count). The number of carbonyl (C=O) groups excluding carboxylic acids is 1. The van der Waals surface area contributed by atoms with Crippen LogP contribution in [0.15, 0.2) is 36.7 Å². The molecule has 1 aromatic heterocycles. The van der Waals surface area contributed by atoms with Gasteiger partial charge in [-0.1, -0.05) is 38.0 Å². The lowest BCUT2D eigenvalue weighted by atomic mass is 10.1. The number of ether oxygens (including phenoxy) is 1. The van der Waals surface area contributed by atoms with Gasteiger partial charge >= 0.3 is 0 Å². The Bertz CT molecular complexity index is 676. The number of rotatable bonds is 10. The molecule has 0 aliphatic rings. The minimum atomic E-state index is -0.161. The van der Waals surface area contributed by atoms with Crippen LogP contribution in [-0.2, 0) is 6.42 Å². The minimum Gasteiger partial charge on any atom is -0.496 e. The second-order valence-electron chi connectivity index (χ2n) is 5.74. The van der Waals surface area contributed by atoms with E-state index in [0.29, 0.717) is 24.6 Å². The van der Waals surface area contributed by atoms with Crippen molar-refractivity contribution < 1.29 is 9.53 Å². The van der Waals surface area contributed by atoms with Crippen LogP contribution in [0.3, 0.4) is 0 Å². The van der Waals surface area contributed by atoms with Crippen molar-refractivity contribution in [1.82, 2.24) is 15.3 Å². The topological polar surface area (TPSA) is 76.1 Å². The molecule has 6 heteroatoms. The highest BCUT2D eigenvalue weighted by molar-refractivity contribution is 5.92. The first-order chi connectivity index (χ1) is 12.2. The fourth-order valence-electron chi connectivity index (χ4n) is 2.48. The van der Waals surface area contributed by atoms with Gasteiger partial charge in [-0.05, 0) is 24.5 Å². The monoisotopic (exact) mass is 342 g/mol. The lowest BCUT2D eigenvalue weighted by Gasteiger charge is -2.10. The first kappa shape index (κ1) is 18.7. The number of unbranched alkanes of at least 4 members (excludes halogenated alkanes) is 2. The average molecular weight is 342 g/mol. The number of methoxy groups -OCH3 is 1. The molecule has 0 aliphatic heterocycles. The van der Waals surface area contributed by atoms with E-state index in [1.54, 1.807) is 13.2 Å². The van der Waals surface area contributed by atoms with E-state index < -0.39 is 0 Å². The Balaban J connectivity index is 1.85. The Morgan fingerprint density at radius 3 is 2.80 bits per heavy atom. The molecule has 6 nitrogen and oxygen atoms in total. The van der Waals surface area contributed by atoms with Crippen LogP contribution < -0.4 is 15.4 Å². The van der Waals surface area contributed by atoms with Gasteiger partial charge in [-0.15, -0.1) is 0 Å². The smallest absolute Gasteiger partial charge is 0.270 e. The predicted molar refractivity (Wildman–Crippen MR) is 99.1 cm³/mol. The highest BCUT2D eigenvalue weighted by atomic mass is 16.5. The molecule has 2 aromatic rings. The number of amides is 1. The van der Waals surface area contributed by atoms with Gasteiger partial charge in [0.05, 0.1) is 7.11 Å². The van der Waals surface area contributed by atoms with E-state index in [0.717, 1.165) is 37.0 Å². The van der Waals surface area contributed by atoms with Crippen molar-refractivity contribution in [3.05, 3.63) is 47.9 Å². The zero-order valence-electron chi connectivity index (χ0n) is 14.9. The van der Waals surface area contributed by atoms with Crippen molar-refractivity contribution in [1.29, 1.82) is 0 Å². The van der Waals surface area contributed by atoms with Crippen LogP contribution in [0.4, 0.5) is 5.82 Å². The maximum atomic E-state index is 12.1. The number of nitrogens with one attached hydrogen (secondary N) is 2. The average Bonchev–Trinajstić information content (AvgIpc) is 2.65. The van der Waals surface area contributed by atoms with E-state index in [1.807, 2.05) is 24.3 Å². The van der Waals surface area contributed by atoms with Crippen LogP contribution in [-0.4, -0.2) is 36.1 Å². The number of aromatic nitrogens is 2. The Hall–Kier alpha value is -2.63. The molecule has 0 bridgehead atoms. The molecule has 2 N–H and O–H groups in total. The van der Waals surface area contributed by atoms with Crippen molar-refractivity contribution in [3.63, 3.8) is 0 Å². The third-order valence-corrected chi connectivity index (χ3v) is 3.86. The summed E-state index contributed by atoms with van der Waals surface area (Å²) in [5.41, 5.74) is 1.51. The molecule has 134 valence electrons. The molecule has 1 heterocycles. The highest BCUT2D eigenvalue weighted by Gasteiger charge is 2.08.